The monoisotopic (exact) mass is 416 g/mol. The van der Waals surface area contributed by atoms with Crippen molar-refractivity contribution in [2.45, 2.75) is 25.1 Å². The maximum atomic E-state index is 12.7. The lowest BCUT2D eigenvalue weighted by Gasteiger charge is -2.21. The van der Waals surface area contributed by atoms with E-state index in [1.165, 1.54) is 12.1 Å². The Hall–Kier alpha value is -3.59. The first-order chi connectivity index (χ1) is 14.4. The molecule has 160 valence electrons. The number of aliphatic hydroxyl groups is 1. The summed E-state index contributed by atoms with van der Waals surface area (Å²) in [5.41, 5.74) is 1.42. The van der Waals surface area contributed by atoms with E-state index in [-0.39, 0.29) is 18.8 Å². The van der Waals surface area contributed by atoms with E-state index in [2.05, 4.69) is 15.4 Å². The molecule has 0 fully saturated rings. The van der Waals surface area contributed by atoms with Crippen molar-refractivity contribution in [2.24, 2.45) is 0 Å². The molecular formula is C21H24N2O7. The summed E-state index contributed by atoms with van der Waals surface area (Å²) in [5.74, 6) is -1.47. The van der Waals surface area contributed by atoms with Crippen LogP contribution in [-0.2, 0) is 32.1 Å². The van der Waals surface area contributed by atoms with Gasteiger partial charge in [-0.05, 0) is 23.3 Å². The number of methoxy groups -OCH3 is 1. The van der Waals surface area contributed by atoms with E-state index in [0.29, 0.717) is 5.56 Å². The van der Waals surface area contributed by atoms with Crippen LogP contribution in [-0.4, -0.2) is 54.0 Å². The second kappa shape index (κ2) is 11.4. The summed E-state index contributed by atoms with van der Waals surface area (Å²) in [7, 11) is 1.13. The minimum atomic E-state index is -1.27. The molecule has 0 aliphatic carbocycles. The van der Waals surface area contributed by atoms with Gasteiger partial charge in [-0.3, -0.25) is 4.79 Å². The summed E-state index contributed by atoms with van der Waals surface area (Å²) in [6, 6.07) is 12.7. The minimum absolute atomic E-state index is 0.0155. The summed E-state index contributed by atoms with van der Waals surface area (Å²) in [4.78, 5) is 36.5. The van der Waals surface area contributed by atoms with Crippen molar-refractivity contribution in [3.8, 4) is 5.75 Å². The Labute approximate surface area is 173 Å². The van der Waals surface area contributed by atoms with Gasteiger partial charge in [-0.2, -0.15) is 0 Å². The number of alkyl carbamates (subject to hydrolysis) is 1. The molecule has 2 rings (SSSR count). The zero-order chi connectivity index (χ0) is 21.9. The normalized spacial score (nSPS) is 12.3. The lowest BCUT2D eigenvalue weighted by Crippen LogP contribution is -2.53. The molecule has 0 radical (unpaired) electrons. The Balaban J connectivity index is 2.07. The molecule has 30 heavy (non-hydrogen) atoms. The molecule has 0 spiro atoms. The van der Waals surface area contributed by atoms with Crippen LogP contribution in [0.5, 0.6) is 5.75 Å². The van der Waals surface area contributed by atoms with Crippen LogP contribution in [0.4, 0.5) is 4.79 Å². The number of phenols is 1. The highest BCUT2D eigenvalue weighted by molar-refractivity contribution is 5.89. The first-order valence-corrected chi connectivity index (χ1v) is 9.17. The first-order valence-electron chi connectivity index (χ1n) is 9.17. The number of hydrogen-bond donors (Lipinski definition) is 4. The van der Waals surface area contributed by atoms with Crippen LogP contribution in [0.15, 0.2) is 54.6 Å². The zero-order valence-corrected chi connectivity index (χ0v) is 16.4. The standard InChI is InChI=1S/C21H24N2O7/c1-29-20(27)18(12-24)22-19(26)17(11-14-7-9-16(25)10-8-14)23-21(28)30-13-15-5-3-2-4-6-15/h2-10,17-18,24-25H,11-13H2,1H3,(H,22,26)(H,23,28)/t17-,18+/m0/s1. The lowest BCUT2D eigenvalue weighted by molar-refractivity contribution is -0.146. The fourth-order valence-electron chi connectivity index (χ4n) is 2.58. The van der Waals surface area contributed by atoms with E-state index >= 15 is 0 Å². The second-order valence-corrected chi connectivity index (χ2v) is 6.40. The van der Waals surface area contributed by atoms with Gasteiger partial charge >= 0.3 is 12.1 Å². The summed E-state index contributed by atoms with van der Waals surface area (Å²) in [5, 5.41) is 23.5. The molecular weight excluding hydrogens is 392 g/mol. The molecule has 2 atom stereocenters. The molecule has 9 heteroatoms. The van der Waals surface area contributed by atoms with Crippen molar-refractivity contribution in [3.05, 3.63) is 65.7 Å². The summed E-state index contributed by atoms with van der Waals surface area (Å²) < 4.78 is 9.68. The fraction of sp³-hybridized carbons (Fsp3) is 0.286. The second-order valence-electron chi connectivity index (χ2n) is 6.40. The number of hydrogen-bond acceptors (Lipinski definition) is 7. The topological polar surface area (TPSA) is 134 Å². The number of ether oxygens (including phenoxy) is 2. The van der Waals surface area contributed by atoms with Crippen LogP contribution < -0.4 is 10.6 Å². The van der Waals surface area contributed by atoms with Crippen molar-refractivity contribution in [1.29, 1.82) is 0 Å². The number of amides is 2. The molecule has 0 unspecified atom stereocenters. The predicted octanol–water partition coefficient (Wildman–Crippen LogP) is 0.880. The van der Waals surface area contributed by atoms with E-state index in [1.807, 2.05) is 6.07 Å². The Morgan fingerprint density at radius 1 is 0.933 bits per heavy atom. The van der Waals surface area contributed by atoms with Crippen molar-refractivity contribution in [3.63, 3.8) is 0 Å². The number of nitrogens with one attached hydrogen (secondary N) is 2. The first kappa shape index (κ1) is 22.7. The number of aliphatic hydroxyl groups excluding tert-OH is 1. The lowest BCUT2D eigenvalue weighted by atomic mass is 10.0. The predicted molar refractivity (Wildman–Crippen MR) is 106 cm³/mol. The largest absolute Gasteiger partial charge is 0.508 e. The van der Waals surface area contributed by atoms with E-state index in [4.69, 9.17) is 4.74 Å². The molecule has 0 saturated heterocycles. The number of esters is 1. The Morgan fingerprint density at radius 2 is 1.60 bits per heavy atom. The smallest absolute Gasteiger partial charge is 0.408 e. The summed E-state index contributed by atoms with van der Waals surface area (Å²) in [6.45, 7) is -0.648. The molecule has 0 aliphatic heterocycles. The van der Waals surface area contributed by atoms with Crippen LogP contribution in [0.2, 0.25) is 0 Å². The van der Waals surface area contributed by atoms with Gasteiger partial charge in [0.15, 0.2) is 6.04 Å². The molecule has 0 bridgehead atoms. The van der Waals surface area contributed by atoms with Gasteiger partial charge in [-0.25, -0.2) is 9.59 Å². The number of aromatic hydroxyl groups is 1. The van der Waals surface area contributed by atoms with Gasteiger partial charge in [0, 0.05) is 6.42 Å². The van der Waals surface area contributed by atoms with Crippen LogP contribution in [0.1, 0.15) is 11.1 Å². The van der Waals surface area contributed by atoms with Crippen LogP contribution in [0.3, 0.4) is 0 Å². The van der Waals surface area contributed by atoms with E-state index in [0.717, 1.165) is 12.7 Å². The number of rotatable bonds is 9. The highest BCUT2D eigenvalue weighted by Gasteiger charge is 2.27. The molecule has 0 aliphatic rings. The highest BCUT2D eigenvalue weighted by Crippen LogP contribution is 2.12. The number of benzene rings is 2. The maximum absolute atomic E-state index is 12.7. The molecule has 2 aromatic rings. The molecule has 4 N–H and O–H groups in total. The third-order valence-electron chi connectivity index (χ3n) is 4.18. The minimum Gasteiger partial charge on any atom is -0.508 e. The highest BCUT2D eigenvalue weighted by atomic mass is 16.5. The van der Waals surface area contributed by atoms with Crippen LogP contribution in [0.25, 0.3) is 0 Å². The summed E-state index contributed by atoms with van der Waals surface area (Å²) in [6.07, 6.45) is -0.761. The van der Waals surface area contributed by atoms with Gasteiger partial charge in [0.2, 0.25) is 5.91 Å². The molecule has 9 nitrogen and oxygen atoms in total. The number of carbonyl (C=O) groups is 3. The van der Waals surface area contributed by atoms with Gasteiger partial charge in [0.1, 0.15) is 18.4 Å². The fourth-order valence-corrected chi connectivity index (χ4v) is 2.58. The molecule has 2 amide bonds. The van der Waals surface area contributed by atoms with Crippen molar-refractivity contribution < 1.29 is 34.1 Å². The van der Waals surface area contributed by atoms with E-state index in [1.54, 1.807) is 36.4 Å². The van der Waals surface area contributed by atoms with Gasteiger partial charge in [0.25, 0.3) is 0 Å². The molecule has 0 heterocycles. The van der Waals surface area contributed by atoms with Crippen molar-refractivity contribution in [2.75, 3.05) is 13.7 Å². The Bertz CT molecular complexity index is 840. The molecule has 2 aromatic carbocycles. The third-order valence-corrected chi connectivity index (χ3v) is 4.18. The maximum Gasteiger partial charge on any atom is 0.408 e. The Morgan fingerprint density at radius 3 is 2.20 bits per heavy atom. The quantitative estimate of drug-likeness (QED) is 0.446. The summed E-state index contributed by atoms with van der Waals surface area (Å²) >= 11 is 0. The van der Waals surface area contributed by atoms with Crippen LogP contribution in [0, 0.1) is 0 Å². The van der Waals surface area contributed by atoms with E-state index < -0.39 is 36.7 Å². The van der Waals surface area contributed by atoms with Crippen molar-refractivity contribution >= 4 is 18.0 Å². The number of carbonyl (C=O) groups excluding carboxylic acids is 3. The van der Waals surface area contributed by atoms with Gasteiger partial charge in [0.05, 0.1) is 13.7 Å². The average Bonchev–Trinajstić information content (AvgIpc) is 2.77. The third kappa shape index (κ3) is 7.10. The number of phenolic OH excluding ortho intramolecular Hbond substituents is 1. The van der Waals surface area contributed by atoms with Gasteiger partial charge in [-0.15, -0.1) is 0 Å². The Kier molecular flexibility index (Phi) is 8.64. The van der Waals surface area contributed by atoms with Crippen molar-refractivity contribution in [1.82, 2.24) is 10.6 Å². The van der Waals surface area contributed by atoms with Gasteiger partial charge < -0.3 is 30.3 Å². The zero-order valence-electron chi connectivity index (χ0n) is 16.4. The van der Waals surface area contributed by atoms with Crippen LogP contribution >= 0.6 is 0 Å². The average molecular weight is 416 g/mol. The van der Waals surface area contributed by atoms with Gasteiger partial charge in [-0.1, -0.05) is 42.5 Å². The molecule has 0 saturated carbocycles. The SMILES string of the molecule is COC(=O)[C@@H](CO)NC(=O)[C@H](Cc1ccc(O)cc1)NC(=O)OCc1ccccc1. The van der Waals surface area contributed by atoms with E-state index in [9.17, 15) is 24.6 Å². The molecule has 0 aromatic heterocycles.